The predicted molar refractivity (Wildman–Crippen MR) is 106 cm³/mol. The number of nitrogens with one attached hydrogen (secondary N) is 1. The fraction of sp³-hybridized carbons (Fsp3) is 0.500. The maximum absolute atomic E-state index is 12.3. The van der Waals surface area contributed by atoms with Gasteiger partial charge >= 0.3 is 0 Å². The molecule has 0 saturated carbocycles. The second kappa shape index (κ2) is 7.67. The molecule has 2 aromatic rings. The molecule has 1 N–H and O–H groups in total. The van der Waals surface area contributed by atoms with Crippen LogP contribution in [0.1, 0.15) is 26.6 Å². The quantitative estimate of drug-likeness (QED) is 0.624. The van der Waals surface area contributed by atoms with Gasteiger partial charge in [0.25, 0.3) is 0 Å². The van der Waals surface area contributed by atoms with Gasteiger partial charge in [0.1, 0.15) is 12.9 Å². The van der Waals surface area contributed by atoms with Crippen molar-refractivity contribution in [1.29, 1.82) is 0 Å². The van der Waals surface area contributed by atoms with Crippen molar-refractivity contribution in [1.82, 2.24) is 25.0 Å². The van der Waals surface area contributed by atoms with E-state index in [1.165, 1.54) is 0 Å². The fourth-order valence-corrected chi connectivity index (χ4v) is 4.43. The molecule has 0 aliphatic carbocycles. The smallest absolute Gasteiger partial charge is 0.194 e. The van der Waals surface area contributed by atoms with Crippen molar-refractivity contribution in [2.75, 3.05) is 25.4 Å². The summed E-state index contributed by atoms with van der Waals surface area (Å²) in [7, 11) is -3.09. The number of rotatable bonds is 4. The Labute approximate surface area is 160 Å². The van der Waals surface area contributed by atoms with Gasteiger partial charge in [-0.05, 0) is 32.9 Å². The van der Waals surface area contributed by atoms with E-state index >= 15 is 0 Å². The highest BCUT2D eigenvalue weighted by molar-refractivity contribution is 7.92. The lowest BCUT2D eigenvalue weighted by atomic mass is 10.2. The largest absolute Gasteiger partial charge is 0.357 e. The summed E-state index contributed by atoms with van der Waals surface area (Å²) >= 11 is 0. The topological polar surface area (TPSA) is 92.5 Å². The first-order chi connectivity index (χ1) is 12.8. The van der Waals surface area contributed by atoms with Crippen LogP contribution in [-0.2, 0) is 16.4 Å². The molecule has 1 aromatic carbocycles. The van der Waals surface area contributed by atoms with Gasteiger partial charge in [-0.25, -0.2) is 13.4 Å². The number of para-hydroxylation sites is 1. The van der Waals surface area contributed by atoms with Crippen LogP contribution in [0.2, 0.25) is 0 Å². The summed E-state index contributed by atoms with van der Waals surface area (Å²) in [5.41, 5.74) is 0.975. The van der Waals surface area contributed by atoms with Crippen LogP contribution in [0.5, 0.6) is 0 Å². The van der Waals surface area contributed by atoms with Gasteiger partial charge in [-0.15, -0.1) is 10.2 Å². The number of nitrogens with zero attached hydrogens (tertiary/aromatic N) is 5. The summed E-state index contributed by atoms with van der Waals surface area (Å²) in [6.07, 6.45) is 1.67. The SMILES string of the molecule is CCNC(=NCc1nncn1-c1ccccc1)N1CCS(=O)(=O)C(C)(C)C1. The van der Waals surface area contributed by atoms with Crippen molar-refractivity contribution < 1.29 is 8.42 Å². The summed E-state index contributed by atoms with van der Waals surface area (Å²) < 4.78 is 25.6. The van der Waals surface area contributed by atoms with Crippen molar-refractivity contribution in [2.45, 2.75) is 32.1 Å². The minimum Gasteiger partial charge on any atom is -0.357 e. The zero-order valence-corrected chi connectivity index (χ0v) is 16.8. The summed E-state index contributed by atoms with van der Waals surface area (Å²) in [4.78, 5) is 6.70. The molecule has 3 rings (SSSR count). The standard InChI is InChI=1S/C18H26N6O2S/c1-4-19-17(23-10-11-27(25,26)18(2,3)13-23)20-12-16-22-21-14-24(16)15-8-6-5-7-9-15/h5-9,14H,4,10-13H2,1-3H3,(H,19,20). The predicted octanol–water partition coefficient (Wildman–Crippen LogP) is 1.24. The van der Waals surface area contributed by atoms with Gasteiger partial charge in [0.05, 0.1) is 10.5 Å². The van der Waals surface area contributed by atoms with Crippen LogP contribution < -0.4 is 5.32 Å². The van der Waals surface area contributed by atoms with Crippen LogP contribution in [0.3, 0.4) is 0 Å². The summed E-state index contributed by atoms with van der Waals surface area (Å²) in [6.45, 7) is 7.42. The van der Waals surface area contributed by atoms with E-state index in [2.05, 4.69) is 15.5 Å². The molecule has 0 amide bonds. The molecule has 0 unspecified atom stereocenters. The van der Waals surface area contributed by atoms with Crippen LogP contribution in [-0.4, -0.2) is 64.2 Å². The van der Waals surface area contributed by atoms with Crippen LogP contribution >= 0.6 is 0 Å². The summed E-state index contributed by atoms with van der Waals surface area (Å²) in [6, 6.07) is 9.85. The Morgan fingerprint density at radius 2 is 2.04 bits per heavy atom. The number of aliphatic imine (C=N–C) groups is 1. The minimum atomic E-state index is -3.09. The number of guanidine groups is 1. The van der Waals surface area contributed by atoms with Gasteiger partial charge < -0.3 is 10.2 Å². The van der Waals surface area contributed by atoms with Crippen LogP contribution in [0.15, 0.2) is 41.7 Å². The highest BCUT2D eigenvalue weighted by Gasteiger charge is 2.40. The summed E-state index contributed by atoms with van der Waals surface area (Å²) in [5, 5.41) is 11.5. The summed E-state index contributed by atoms with van der Waals surface area (Å²) in [5.74, 6) is 1.55. The van der Waals surface area contributed by atoms with Crippen molar-refractivity contribution in [3.05, 3.63) is 42.5 Å². The third-order valence-electron chi connectivity index (χ3n) is 4.70. The number of benzene rings is 1. The molecular weight excluding hydrogens is 364 g/mol. The molecule has 0 radical (unpaired) electrons. The molecular formula is C18H26N6O2S. The van der Waals surface area contributed by atoms with Gasteiger partial charge in [-0.1, -0.05) is 18.2 Å². The molecule has 27 heavy (non-hydrogen) atoms. The Kier molecular flexibility index (Phi) is 5.50. The van der Waals surface area contributed by atoms with E-state index in [9.17, 15) is 8.42 Å². The Hall–Kier alpha value is -2.42. The first-order valence-corrected chi connectivity index (χ1v) is 10.7. The Morgan fingerprint density at radius 1 is 1.30 bits per heavy atom. The Morgan fingerprint density at radius 3 is 2.70 bits per heavy atom. The Bertz CT molecular complexity index is 905. The fourth-order valence-electron chi connectivity index (χ4n) is 3.07. The zero-order chi connectivity index (χ0) is 19.5. The second-order valence-electron chi connectivity index (χ2n) is 7.12. The molecule has 0 spiro atoms. The number of sulfone groups is 1. The maximum atomic E-state index is 12.3. The van der Waals surface area contributed by atoms with Crippen LogP contribution in [0, 0.1) is 0 Å². The zero-order valence-electron chi connectivity index (χ0n) is 16.0. The molecule has 2 heterocycles. The van der Waals surface area contributed by atoms with Crippen LogP contribution in [0.4, 0.5) is 0 Å². The van der Waals surface area contributed by atoms with E-state index in [4.69, 9.17) is 4.99 Å². The lowest BCUT2D eigenvalue weighted by Crippen LogP contribution is -2.57. The monoisotopic (exact) mass is 390 g/mol. The number of hydrogen-bond acceptors (Lipinski definition) is 5. The van der Waals surface area contributed by atoms with Crippen molar-refractivity contribution in [3.63, 3.8) is 0 Å². The molecule has 1 aliphatic heterocycles. The van der Waals surface area contributed by atoms with E-state index in [1.54, 1.807) is 20.2 Å². The van der Waals surface area contributed by atoms with E-state index in [-0.39, 0.29) is 5.75 Å². The van der Waals surface area contributed by atoms with Gasteiger partial charge in [-0.2, -0.15) is 0 Å². The first-order valence-electron chi connectivity index (χ1n) is 9.04. The average molecular weight is 391 g/mol. The molecule has 1 aromatic heterocycles. The van der Waals surface area contributed by atoms with Gasteiger partial charge in [0.15, 0.2) is 21.6 Å². The van der Waals surface area contributed by atoms with Gasteiger partial charge in [0, 0.05) is 25.3 Å². The average Bonchev–Trinajstić information content (AvgIpc) is 3.10. The van der Waals surface area contributed by atoms with E-state index in [1.807, 2.05) is 46.7 Å². The third kappa shape index (κ3) is 4.13. The van der Waals surface area contributed by atoms with Crippen molar-refractivity contribution >= 4 is 15.8 Å². The van der Waals surface area contributed by atoms with Crippen molar-refractivity contribution in [2.24, 2.45) is 4.99 Å². The molecule has 1 fully saturated rings. The maximum Gasteiger partial charge on any atom is 0.194 e. The molecule has 9 heteroatoms. The lowest BCUT2D eigenvalue weighted by molar-refractivity contribution is 0.353. The Balaban J connectivity index is 1.81. The van der Waals surface area contributed by atoms with E-state index in [0.29, 0.717) is 32.1 Å². The van der Waals surface area contributed by atoms with Crippen molar-refractivity contribution in [3.8, 4) is 5.69 Å². The normalized spacial score (nSPS) is 19.1. The highest BCUT2D eigenvalue weighted by atomic mass is 32.2. The lowest BCUT2D eigenvalue weighted by Gasteiger charge is -2.39. The molecule has 0 atom stereocenters. The third-order valence-corrected chi connectivity index (χ3v) is 7.23. The van der Waals surface area contributed by atoms with Crippen LogP contribution in [0.25, 0.3) is 5.69 Å². The molecule has 146 valence electrons. The second-order valence-corrected chi connectivity index (χ2v) is 9.87. The minimum absolute atomic E-state index is 0.130. The first kappa shape index (κ1) is 19.3. The highest BCUT2D eigenvalue weighted by Crippen LogP contribution is 2.23. The van der Waals surface area contributed by atoms with E-state index in [0.717, 1.165) is 11.5 Å². The van der Waals surface area contributed by atoms with E-state index < -0.39 is 14.6 Å². The molecule has 1 aliphatic rings. The van der Waals surface area contributed by atoms with Gasteiger partial charge in [0.2, 0.25) is 0 Å². The molecule has 8 nitrogen and oxygen atoms in total. The number of hydrogen-bond donors (Lipinski definition) is 1. The molecule has 1 saturated heterocycles. The number of aromatic nitrogens is 3. The molecule has 0 bridgehead atoms. The van der Waals surface area contributed by atoms with Gasteiger partial charge in [-0.3, -0.25) is 4.57 Å².